The molecule has 0 spiro atoms. The van der Waals surface area contributed by atoms with Crippen LogP contribution in [0.4, 0.5) is 5.69 Å². The zero-order valence-corrected chi connectivity index (χ0v) is 13.2. The third kappa shape index (κ3) is 2.09. The van der Waals surface area contributed by atoms with Crippen molar-refractivity contribution in [2.24, 2.45) is 16.7 Å². The van der Waals surface area contributed by atoms with Gasteiger partial charge in [0, 0.05) is 5.41 Å². The van der Waals surface area contributed by atoms with Crippen LogP contribution in [-0.4, -0.2) is 16.0 Å². The number of nitrogens with zero attached hydrogens (tertiary/aromatic N) is 2. The Kier molecular flexibility index (Phi) is 3.17. The van der Waals surface area contributed by atoms with Crippen molar-refractivity contribution in [3.63, 3.8) is 0 Å². The van der Waals surface area contributed by atoms with Gasteiger partial charge in [-0.3, -0.25) is 10.1 Å². The van der Waals surface area contributed by atoms with Gasteiger partial charge in [0.1, 0.15) is 11.3 Å². The third-order valence-electron chi connectivity index (χ3n) is 5.94. The van der Waals surface area contributed by atoms with Gasteiger partial charge >= 0.3 is 0 Å². The van der Waals surface area contributed by atoms with E-state index >= 15 is 0 Å². The van der Waals surface area contributed by atoms with Crippen molar-refractivity contribution in [1.29, 1.82) is 0 Å². The maximum Gasteiger partial charge on any atom is 0.277 e. The summed E-state index contributed by atoms with van der Waals surface area (Å²) in [4.78, 5) is 14.5. The molecule has 0 saturated heterocycles. The lowest BCUT2D eigenvalue weighted by atomic mass is 9.70. The molecule has 114 valence electrons. The number of rotatable bonds is 3. The van der Waals surface area contributed by atoms with E-state index in [9.17, 15) is 10.1 Å². The Labute approximate surface area is 128 Å². The number of hydrogen-bond acceptors (Lipinski definition) is 4. The summed E-state index contributed by atoms with van der Waals surface area (Å²) >= 11 is 5.85. The van der Waals surface area contributed by atoms with Crippen molar-refractivity contribution in [2.75, 3.05) is 0 Å². The number of hydrogen-bond donors (Lipinski definition) is 0. The SMILES string of the molecule is CC1(C)C2CCC1(C)C(Oc1cc([N+](=O)[O-])cc(Cl)n1)C2. The van der Waals surface area contributed by atoms with E-state index in [1.54, 1.807) is 0 Å². The molecule has 6 heteroatoms. The second-order valence-electron chi connectivity index (χ2n) is 6.96. The first-order valence-electron chi connectivity index (χ1n) is 7.23. The first-order valence-corrected chi connectivity index (χ1v) is 7.60. The maximum atomic E-state index is 10.9. The normalized spacial score (nSPS) is 33.1. The summed E-state index contributed by atoms with van der Waals surface area (Å²) in [6, 6.07) is 2.59. The molecule has 0 N–H and O–H groups in total. The summed E-state index contributed by atoms with van der Waals surface area (Å²) in [5, 5.41) is 11.0. The van der Waals surface area contributed by atoms with Gasteiger partial charge in [0.05, 0.1) is 17.1 Å². The summed E-state index contributed by atoms with van der Waals surface area (Å²) < 4.78 is 6.02. The molecule has 1 heterocycles. The molecule has 3 rings (SSSR count). The molecule has 21 heavy (non-hydrogen) atoms. The van der Waals surface area contributed by atoms with Crippen LogP contribution in [0.1, 0.15) is 40.0 Å². The quantitative estimate of drug-likeness (QED) is 0.476. The number of pyridine rings is 1. The number of aromatic nitrogens is 1. The highest BCUT2D eigenvalue weighted by atomic mass is 35.5. The average Bonchev–Trinajstić information content (AvgIpc) is 2.71. The van der Waals surface area contributed by atoms with Gasteiger partial charge in [-0.05, 0) is 30.6 Å². The molecule has 2 saturated carbocycles. The number of ether oxygens (including phenoxy) is 1. The van der Waals surface area contributed by atoms with E-state index in [2.05, 4.69) is 25.8 Å². The monoisotopic (exact) mass is 310 g/mol. The Hall–Kier alpha value is -1.36. The van der Waals surface area contributed by atoms with E-state index in [0.29, 0.717) is 5.92 Å². The molecule has 3 unspecified atom stereocenters. The van der Waals surface area contributed by atoms with Crippen LogP contribution in [0.25, 0.3) is 0 Å². The average molecular weight is 311 g/mol. The van der Waals surface area contributed by atoms with Crippen LogP contribution >= 0.6 is 11.6 Å². The lowest BCUT2D eigenvalue weighted by molar-refractivity contribution is -0.385. The van der Waals surface area contributed by atoms with Crippen molar-refractivity contribution in [3.8, 4) is 5.88 Å². The second-order valence-corrected chi connectivity index (χ2v) is 7.35. The third-order valence-corrected chi connectivity index (χ3v) is 6.14. The first-order chi connectivity index (χ1) is 9.74. The summed E-state index contributed by atoms with van der Waals surface area (Å²) in [7, 11) is 0. The van der Waals surface area contributed by atoms with Gasteiger partial charge in [-0.2, -0.15) is 0 Å². The minimum Gasteiger partial charge on any atom is -0.474 e. The predicted molar refractivity (Wildman–Crippen MR) is 79.5 cm³/mol. The molecular weight excluding hydrogens is 292 g/mol. The summed E-state index contributed by atoms with van der Waals surface area (Å²) in [5.74, 6) is 0.894. The van der Waals surface area contributed by atoms with Crippen molar-refractivity contribution >= 4 is 17.3 Å². The highest BCUT2D eigenvalue weighted by Gasteiger charge is 2.62. The van der Waals surface area contributed by atoms with Gasteiger partial charge in [-0.25, -0.2) is 4.98 Å². The second kappa shape index (κ2) is 4.57. The van der Waals surface area contributed by atoms with E-state index in [1.807, 2.05) is 0 Å². The number of nitro groups is 1. The van der Waals surface area contributed by atoms with Crippen LogP contribution in [0.2, 0.25) is 5.15 Å². The molecule has 2 aliphatic rings. The molecule has 2 bridgehead atoms. The standard InChI is InChI=1S/C15H19ClN2O3/c1-14(2)9-4-5-15(14,3)11(6-9)21-13-8-10(18(19)20)7-12(16)17-13/h7-9,11H,4-6H2,1-3H3. The Bertz CT molecular complexity index is 605. The molecule has 1 aromatic heterocycles. The molecule has 0 aromatic carbocycles. The van der Waals surface area contributed by atoms with Gasteiger partial charge < -0.3 is 4.74 Å². The minimum atomic E-state index is -0.479. The highest BCUT2D eigenvalue weighted by Crippen LogP contribution is 2.66. The van der Waals surface area contributed by atoms with Gasteiger partial charge in [0.2, 0.25) is 5.88 Å². The number of halogens is 1. The fourth-order valence-electron chi connectivity index (χ4n) is 4.08. The predicted octanol–water partition coefficient (Wildman–Crippen LogP) is 4.24. The molecule has 2 aliphatic carbocycles. The van der Waals surface area contributed by atoms with Crippen LogP contribution < -0.4 is 4.74 Å². The molecule has 2 fully saturated rings. The Morgan fingerprint density at radius 3 is 2.67 bits per heavy atom. The Morgan fingerprint density at radius 2 is 2.14 bits per heavy atom. The van der Waals surface area contributed by atoms with Gasteiger partial charge in [0.25, 0.3) is 5.69 Å². The lowest BCUT2D eigenvalue weighted by Crippen LogP contribution is -2.39. The minimum absolute atomic E-state index is 0.0387. The largest absolute Gasteiger partial charge is 0.474 e. The first kappa shape index (κ1) is 14.6. The highest BCUT2D eigenvalue weighted by molar-refractivity contribution is 6.29. The van der Waals surface area contributed by atoms with E-state index in [0.717, 1.165) is 12.8 Å². The van der Waals surface area contributed by atoms with Crippen LogP contribution in [0.3, 0.4) is 0 Å². The van der Waals surface area contributed by atoms with Crippen molar-refractivity contribution in [3.05, 3.63) is 27.4 Å². The van der Waals surface area contributed by atoms with Gasteiger partial charge in [-0.1, -0.05) is 32.4 Å². The maximum absolute atomic E-state index is 10.9. The smallest absolute Gasteiger partial charge is 0.277 e. The molecule has 5 nitrogen and oxygen atoms in total. The molecule has 1 aromatic rings. The van der Waals surface area contributed by atoms with Crippen LogP contribution in [-0.2, 0) is 0 Å². The topological polar surface area (TPSA) is 65.3 Å². The van der Waals surface area contributed by atoms with E-state index in [4.69, 9.17) is 16.3 Å². The van der Waals surface area contributed by atoms with Crippen molar-refractivity contribution < 1.29 is 9.66 Å². The fourth-order valence-corrected chi connectivity index (χ4v) is 4.28. The molecule has 3 atom stereocenters. The van der Waals surface area contributed by atoms with E-state index in [-0.39, 0.29) is 33.7 Å². The Morgan fingerprint density at radius 1 is 1.43 bits per heavy atom. The van der Waals surface area contributed by atoms with Crippen LogP contribution in [0.15, 0.2) is 12.1 Å². The van der Waals surface area contributed by atoms with Crippen molar-refractivity contribution in [2.45, 2.75) is 46.1 Å². The molecule has 0 radical (unpaired) electrons. The zero-order valence-electron chi connectivity index (χ0n) is 12.4. The van der Waals surface area contributed by atoms with E-state index < -0.39 is 4.92 Å². The Balaban J connectivity index is 1.87. The van der Waals surface area contributed by atoms with Crippen LogP contribution in [0, 0.1) is 26.9 Å². The van der Waals surface area contributed by atoms with Gasteiger partial charge in [-0.15, -0.1) is 0 Å². The summed E-state index contributed by atoms with van der Waals surface area (Å²) in [6.45, 7) is 6.84. The molecule has 0 aliphatic heterocycles. The molecular formula is C15H19ClN2O3. The van der Waals surface area contributed by atoms with Crippen LogP contribution in [0.5, 0.6) is 5.88 Å². The lowest BCUT2D eigenvalue weighted by Gasteiger charge is -2.38. The zero-order chi connectivity index (χ0) is 15.4. The van der Waals surface area contributed by atoms with Crippen molar-refractivity contribution in [1.82, 2.24) is 4.98 Å². The molecule has 0 amide bonds. The number of fused-ring (bicyclic) bond motifs is 2. The van der Waals surface area contributed by atoms with E-state index in [1.165, 1.54) is 18.6 Å². The summed E-state index contributed by atoms with van der Waals surface area (Å²) in [5.41, 5.74) is 0.219. The van der Waals surface area contributed by atoms with Gasteiger partial charge in [0.15, 0.2) is 0 Å². The summed E-state index contributed by atoms with van der Waals surface area (Å²) in [6.07, 6.45) is 3.37. The fraction of sp³-hybridized carbons (Fsp3) is 0.667.